The minimum absolute atomic E-state index is 0.0237. The highest BCUT2D eigenvalue weighted by Gasteiger charge is 2.38. The molecule has 1 aromatic rings. The molecule has 11 heteroatoms. The molecule has 30 heavy (non-hydrogen) atoms. The molecule has 1 atom stereocenters. The van der Waals surface area contributed by atoms with Gasteiger partial charge in [0.2, 0.25) is 15.9 Å². The van der Waals surface area contributed by atoms with Crippen LogP contribution in [-0.4, -0.2) is 49.8 Å². The van der Waals surface area contributed by atoms with Crippen LogP contribution in [0.25, 0.3) is 0 Å². The molecule has 0 aromatic heterocycles. The van der Waals surface area contributed by atoms with Crippen LogP contribution in [0.3, 0.4) is 0 Å². The highest BCUT2D eigenvalue weighted by Crippen LogP contribution is 2.26. The predicted molar refractivity (Wildman–Crippen MR) is 105 cm³/mol. The van der Waals surface area contributed by atoms with Crippen molar-refractivity contribution in [1.82, 2.24) is 9.62 Å². The van der Waals surface area contributed by atoms with E-state index in [1.807, 2.05) is 20.8 Å². The Morgan fingerprint density at radius 1 is 1.07 bits per heavy atom. The van der Waals surface area contributed by atoms with Gasteiger partial charge in [0.05, 0.1) is 4.90 Å². The molecule has 0 spiro atoms. The van der Waals surface area contributed by atoms with Gasteiger partial charge in [0.1, 0.15) is 0 Å². The molecule has 1 saturated heterocycles. The Bertz CT molecular complexity index is 862. The topological polar surface area (TPSA) is 95.6 Å². The van der Waals surface area contributed by atoms with Crippen LogP contribution in [0.15, 0.2) is 29.2 Å². The number of hydrogen-bond donors (Lipinski definition) is 2. The fraction of sp³-hybridized carbons (Fsp3) is 0.579. The highest BCUT2D eigenvalue weighted by atomic mass is 32.2. The van der Waals surface area contributed by atoms with Gasteiger partial charge in [0, 0.05) is 30.7 Å². The van der Waals surface area contributed by atoms with E-state index in [-0.39, 0.29) is 41.5 Å². The molecular formula is C19H26F3N3O4S. The molecule has 2 N–H and O–H groups in total. The molecule has 168 valence electrons. The van der Waals surface area contributed by atoms with Gasteiger partial charge in [-0.2, -0.15) is 17.5 Å². The van der Waals surface area contributed by atoms with E-state index >= 15 is 0 Å². The summed E-state index contributed by atoms with van der Waals surface area (Å²) in [5.74, 6) is -2.20. The number of carbonyl (C=O) groups is 2. The van der Waals surface area contributed by atoms with Crippen LogP contribution in [0.4, 0.5) is 18.9 Å². The number of rotatable bonds is 6. The molecule has 7 nitrogen and oxygen atoms in total. The zero-order valence-electron chi connectivity index (χ0n) is 17.0. The molecule has 1 aliphatic heterocycles. The molecule has 1 aromatic carbocycles. The summed E-state index contributed by atoms with van der Waals surface area (Å²) in [4.78, 5) is 23.2. The van der Waals surface area contributed by atoms with Gasteiger partial charge < -0.3 is 10.6 Å². The molecule has 1 unspecified atom stereocenters. The number of alkyl halides is 3. The Hall–Kier alpha value is -2.14. The normalized spacial score (nSPS) is 17.6. The number of anilines is 1. The van der Waals surface area contributed by atoms with Crippen LogP contribution >= 0.6 is 0 Å². The highest BCUT2D eigenvalue weighted by molar-refractivity contribution is 7.89. The first-order valence-corrected chi connectivity index (χ1v) is 11.0. The van der Waals surface area contributed by atoms with Crippen LogP contribution in [-0.2, 0) is 19.6 Å². The van der Waals surface area contributed by atoms with E-state index in [9.17, 15) is 31.2 Å². The van der Waals surface area contributed by atoms with Crippen molar-refractivity contribution in [2.24, 2.45) is 11.8 Å². The number of hydrogen-bond acceptors (Lipinski definition) is 4. The molecule has 0 saturated carbocycles. The van der Waals surface area contributed by atoms with Crippen molar-refractivity contribution >= 4 is 27.5 Å². The summed E-state index contributed by atoms with van der Waals surface area (Å²) in [5, 5.41) is 4.61. The van der Waals surface area contributed by atoms with E-state index in [4.69, 9.17) is 0 Å². The Labute approximate surface area is 174 Å². The third-order valence-corrected chi connectivity index (χ3v) is 7.11. The van der Waals surface area contributed by atoms with Gasteiger partial charge in [0.15, 0.2) is 0 Å². The van der Waals surface area contributed by atoms with Crippen LogP contribution in [0.5, 0.6) is 0 Å². The van der Waals surface area contributed by atoms with Crippen molar-refractivity contribution < 1.29 is 31.2 Å². The number of nitrogens with zero attached hydrogens (tertiary/aromatic N) is 1. The van der Waals surface area contributed by atoms with Gasteiger partial charge in [-0.15, -0.1) is 0 Å². The lowest BCUT2D eigenvalue weighted by Crippen LogP contribution is -2.45. The second-order valence-corrected chi connectivity index (χ2v) is 9.63. The lowest BCUT2D eigenvalue weighted by atomic mass is 9.96. The summed E-state index contributed by atoms with van der Waals surface area (Å²) in [7, 11) is -3.85. The zero-order chi connectivity index (χ0) is 22.7. The minimum atomic E-state index is -5.03. The number of piperidine rings is 1. The number of amides is 2. The van der Waals surface area contributed by atoms with Crippen LogP contribution in [0, 0.1) is 11.8 Å². The molecule has 0 radical (unpaired) electrons. The minimum Gasteiger partial charge on any atom is -0.353 e. The first-order valence-electron chi connectivity index (χ1n) is 9.61. The lowest BCUT2D eigenvalue weighted by molar-refractivity contribution is -0.167. The van der Waals surface area contributed by atoms with Gasteiger partial charge in [-0.3, -0.25) is 9.59 Å². The first kappa shape index (κ1) is 24.1. The Morgan fingerprint density at radius 2 is 1.60 bits per heavy atom. The molecule has 1 heterocycles. The summed E-state index contributed by atoms with van der Waals surface area (Å²) >= 11 is 0. The van der Waals surface area contributed by atoms with Crippen LogP contribution in [0.1, 0.15) is 33.6 Å². The molecule has 0 bridgehead atoms. The summed E-state index contributed by atoms with van der Waals surface area (Å²) in [6.45, 7) is 6.26. The van der Waals surface area contributed by atoms with Crippen molar-refractivity contribution in [3.63, 3.8) is 0 Å². The maximum absolute atomic E-state index is 12.8. The van der Waals surface area contributed by atoms with E-state index in [1.54, 1.807) is 5.32 Å². The van der Waals surface area contributed by atoms with Crippen molar-refractivity contribution in [2.75, 3.05) is 18.4 Å². The monoisotopic (exact) mass is 449 g/mol. The molecular weight excluding hydrogens is 423 g/mol. The summed E-state index contributed by atoms with van der Waals surface area (Å²) < 4.78 is 63.7. The number of nitrogens with one attached hydrogen (secondary N) is 2. The van der Waals surface area contributed by atoms with E-state index < -0.39 is 22.1 Å². The van der Waals surface area contributed by atoms with Crippen molar-refractivity contribution in [1.29, 1.82) is 0 Å². The summed E-state index contributed by atoms with van der Waals surface area (Å²) in [6, 6.07) is 4.51. The van der Waals surface area contributed by atoms with E-state index in [2.05, 4.69) is 5.32 Å². The van der Waals surface area contributed by atoms with Crippen LogP contribution in [0.2, 0.25) is 0 Å². The van der Waals surface area contributed by atoms with Gasteiger partial charge in [0.25, 0.3) is 0 Å². The van der Waals surface area contributed by atoms with Gasteiger partial charge in [-0.1, -0.05) is 13.8 Å². The maximum atomic E-state index is 12.8. The first-order chi connectivity index (χ1) is 13.8. The third kappa shape index (κ3) is 5.94. The molecule has 0 aliphatic carbocycles. The molecule has 2 amide bonds. The molecule has 2 rings (SSSR count). The van der Waals surface area contributed by atoms with Crippen molar-refractivity contribution in [3.8, 4) is 0 Å². The van der Waals surface area contributed by atoms with Crippen LogP contribution < -0.4 is 10.6 Å². The summed E-state index contributed by atoms with van der Waals surface area (Å²) in [6.07, 6.45) is -4.26. The second-order valence-electron chi connectivity index (χ2n) is 7.70. The number of carbonyl (C=O) groups excluding carboxylic acids is 2. The van der Waals surface area contributed by atoms with Gasteiger partial charge in [-0.05, 0) is 49.9 Å². The standard InChI is InChI=1S/C19H26F3N3O4S/c1-12(2)13(3)23-17(26)14-8-10-25(11-9-14)30(28,29)16-6-4-15(5-7-16)24-18(27)19(20,21)22/h4-7,12-14H,8-11H2,1-3H3,(H,23,26)(H,24,27). The largest absolute Gasteiger partial charge is 0.471 e. The average molecular weight is 449 g/mol. The smallest absolute Gasteiger partial charge is 0.353 e. The maximum Gasteiger partial charge on any atom is 0.471 e. The third-order valence-electron chi connectivity index (χ3n) is 5.20. The quantitative estimate of drug-likeness (QED) is 0.698. The lowest BCUT2D eigenvalue weighted by Gasteiger charge is -2.31. The Morgan fingerprint density at radius 3 is 2.07 bits per heavy atom. The zero-order valence-corrected chi connectivity index (χ0v) is 17.8. The van der Waals surface area contributed by atoms with Crippen molar-refractivity contribution in [2.45, 2.75) is 50.7 Å². The Balaban J connectivity index is 1.98. The fourth-order valence-corrected chi connectivity index (χ4v) is 4.40. The van der Waals surface area contributed by atoms with E-state index in [1.165, 1.54) is 4.31 Å². The van der Waals surface area contributed by atoms with Gasteiger partial charge >= 0.3 is 12.1 Å². The van der Waals surface area contributed by atoms with Gasteiger partial charge in [-0.25, -0.2) is 8.42 Å². The fourth-order valence-electron chi connectivity index (χ4n) is 2.93. The molecule has 1 fully saturated rings. The average Bonchev–Trinajstić information content (AvgIpc) is 2.67. The number of benzene rings is 1. The number of sulfonamides is 1. The second kappa shape index (κ2) is 9.34. The number of halogens is 3. The van der Waals surface area contributed by atoms with E-state index in [0.29, 0.717) is 18.8 Å². The van der Waals surface area contributed by atoms with Crippen molar-refractivity contribution in [3.05, 3.63) is 24.3 Å². The van der Waals surface area contributed by atoms with E-state index in [0.717, 1.165) is 24.3 Å². The SMILES string of the molecule is CC(C)C(C)NC(=O)C1CCN(S(=O)(=O)c2ccc(NC(=O)C(F)(F)F)cc2)CC1. The predicted octanol–water partition coefficient (Wildman–Crippen LogP) is 2.75. The summed E-state index contributed by atoms with van der Waals surface area (Å²) in [5.41, 5.74) is -0.161. The molecule has 1 aliphatic rings. The Kier molecular flexibility index (Phi) is 7.51.